The maximum Gasteiger partial charge on any atom is 0.175 e. The Morgan fingerprint density at radius 1 is 0.675 bits per heavy atom. The fourth-order valence-electron chi connectivity index (χ4n) is 3.58. The van der Waals surface area contributed by atoms with Crippen LogP contribution >= 0.6 is 0 Å². The van der Waals surface area contributed by atoms with E-state index < -0.39 is 0 Å². The van der Waals surface area contributed by atoms with Crippen LogP contribution in [-0.2, 0) is 9.59 Å². The van der Waals surface area contributed by atoms with Crippen molar-refractivity contribution in [2.45, 2.75) is 41.5 Å². The molecule has 0 bridgehead atoms. The van der Waals surface area contributed by atoms with Crippen LogP contribution in [0.3, 0.4) is 0 Å². The minimum absolute atomic E-state index is 0.0847. The minimum atomic E-state index is -0.278. The Balaban J connectivity index is 2.14. The van der Waals surface area contributed by atoms with Crippen LogP contribution in [0.2, 0.25) is 0 Å². The van der Waals surface area contributed by atoms with Gasteiger partial charge in [0.25, 0.3) is 0 Å². The Morgan fingerprint density at radius 3 is 1.35 bits per heavy atom. The molecule has 0 saturated heterocycles. The van der Waals surface area contributed by atoms with E-state index in [4.69, 9.17) is 18.9 Å². The van der Waals surface area contributed by atoms with Crippen molar-refractivity contribution < 1.29 is 28.5 Å². The number of benzene rings is 2. The standard InChI is InChI=1S/C32H36N2O6/c1-7-37-29-17-23(15-25(19-33)31(35)21(3)4)9-11-27(29)39-13-14-40-28-12-10-24(18-30(28)38-8-2)16-26(20-34)32(36)22(5)6/h9-12,15-18,21-22H,7-8,13-14H2,1-6H3. The normalized spacial score (nSPS) is 11.6. The van der Waals surface area contributed by atoms with Crippen molar-refractivity contribution in [1.29, 1.82) is 10.5 Å². The molecule has 210 valence electrons. The van der Waals surface area contributed by atoms with E-state index in [1.807, 2.05) is 26.0 Å². The van der Waals surface area contributed by atoms with E-state index in [-0.39, 0.29) is 47.8 Å². The molecule has 8 nitrogen and oxygen atoms in total. The summed E-state index contributed by atoms with van der Waals surface area (Å²) in [5, 5.41) is 18.8. The summed E-state index contributed by atoms with van der Waals surface area (Å²) in [6.45, 7) is 11.9. The Kier molecular flexibility index (Phi) is 12.5. The molecule has 0 aromatic heterocycles. The molecule has 2 aromatic carbocycles. The number of Topliss-reactive ketones (excluding diaryl/α,β-unsaturated/α-hetero) is 2. The summed E-state index contributed by atoms with van der Waals surface area (Å²) in [6, 6.07) is 14.4. The highest BCUT2D eigenvalue weighted by Gasteiger charge is 2.16. The zero-order valence-corrected chi connectivity index (χ0v) is 23.9. The first-order valence-electron chi connectivity index (χ1n) is 13.3. The van der Waals surface area contributed by atoms with Crippen LogP contribution < -0.4 is 18.9 Å². The summed E-state index contributed by atoms with van der Waals surface area (Å²) in [4.78, 5) is 24.5. The second-order valence-electron chi connectivity index (χ2n) is 9.35. The van der Waals surface area contributed by atoms with Gasteiger partial charge in [0.05, 0.1) is 24.4 Å². The molecule has 40 heavy (non-hydrogen) atoms. The summed E-state index contributed by atoms with van der Waals surface area (Å²) < 4.78 is 23.2. The fraction of sp³-hybridized carbons (Fsp3) is 0.375. The lowest BCUT2D eigenvalue weighted by Gasteiger charge is -2.15. The second kappa shape index (κ2) is 15.8. The molecule has 0 spiro atoms. The molecule has 0 atom stereocenters. The zero-order valence-electron chi connectivity index (χ0n) is 23.9. The van der Waals surface area contributed by atoms with Gasteiger partial charge in [-0.3, -0.25) is 9.59 Å². The van der Waals surface area contributed by atoms with Crippen molar-refractivity contribution >= 4 is 23.7 Å². The van der Waals surface area contributed by atoms with Crippen LogP contribution in [0, 0.1) is 34.5 Å². The maximum absolute atomic E-state index is 12.2. The van der Waals surface area contributed by atoms with E-state index >= 15 is 0 Å². The topological polar surface area (TPSA) is 119 Å². The predicted octanol–water partition coefficient (Wildman–Crippen LogP) is 6.21. The molecule has 0 aliphatic rings. The highest BCUT2D eigenvalue weighted by Crippen LogP contribution is 2.31. The summed E-state index contributed by atoms with van der Waals surface area (Å²) in [5.74, 6) is 0.980. The van der Waals surface area contributed by atoms with Gasteiger partial charge in [0, 0.05) is 11.8 Å². The van der Waals surface area contributed by atoms with Crippen molar-refractivity contribution in [3.8, 4) is 35.1 Å². The maximum atomic E-state index is 12.2. The second-order valence-corrected chi connectivity index (χ2v) is 9.35. The summed E-state index contributed by atoms with van der Waals surface area (Å²) in [7, 11) is 0. The number of carbonyl (C=O) groups is 2. The third-order valence-electron chi connectivity index (χ3n) is 5.58. The average molecular weight is 545 g/mol. The number of nitrogens with zero attached hydrogens (tertiary/aromatic N) is 2. The molecule has 0 aliphatic heterocycles. The lowest BCUT2D eigenvalue weighted by Crippen LogP contribution is -2.11. The largest absolute Gasteiger partial charge is 0.490 e. The predicted molar refractivity (Wildman–Crippen MR) is 153 cm³/mol. The van der Waals surface area contributed by atoms with Gasteiger partial charge in [-0.1, -0.05) is 39.8 Å². The highest BCUT2D eigenvalue weighted by molar-refractivity contribution is 6.04. The molecule has 8 heteroatoms. The van der Waals surface area contributed by atoms with Crippen LogP contribution in [-0.4, -0.2) is 38.0 Å². The highest BCUT2D eigenvalue weighted by atomic mass is 16.6. The van der Waals surface area contributed by atoms with Gasteiger partial charge in [0.1, 0.15) is 25.4 Å². The number of rotatable bonds is 15. The van der Waals surface area contributed by atoms with E-state index in [1.54, 1.807) is 76.2 Å². The van der Waals surface area contributed by atoms with Crippen molar-refractivity contribution in [2.75, 3.05) is 26.4 Å². The third-order valence-corrected chi connectivity index (χ3v) is 5.58. The molecule has 0 radical (unpaired) electrons. The van der Waals surface area contributed by atoms with E-state index in [1.165, 1.54) is 0 Å². The Morgan fingerprint density at radius 2 is 1.05 bits per heavy atom. The molecule has 2 rings (SSSR count). The number of allylic oxidation sites excluding steroid dienone is 2. The molecule has 0 fully saturated rings. The van der Waals surface area contributed by atoms with Gasteiger partial charge in [-0.25, -0.2) is 0 Å². The molecular formula is C32H36N2O6. The molecule has 0 saturated carbocycles. The van der Waals surface area contributed by atoms with Crippen molar-refractivity contribution in [2.24, 2.45) is 11.8 Å². The van der Waals surface area contributed by atoms with Gasteiger partial charge in [0.2, 0.25) is 0 Å². The smallest absolute Gasteiger partial charge is 0.175 e. The molecule has 0 aliphatic carbocycles. The molecule has 2 aromatic rings. The van der Waals surface area contributed by atoms with Crippen molar-refractivity contribution in [3.63, 3.8) is 0 Å². The van der Waals surface area contributed by atoms with Crippen molar-refractivity contribution in [1.82, 2.24) is 0 Å². The first-order chi connectivity index (χ1) is 19.1. The van der Waals surface area contributed by atoms with Crippen LogP contribution in [0.25, 0.3) is 12.2 Å². The van der Waals surface area contributed by atoms with Gasteiger partial charge in [-0.05, 0) is 61.4 Å². The van der Waals surface area contributed by atoms with Gasteiger partial charge < -0.3 is 18.9 Å². The number of hydrogen-bond donors (Lipinski definition) is 0. The van der Waals surface area contributed by atoms with Crippen LogP contribution in [0.5, 0.6) is 23.0 Å². The summed E-state index contributed by atoms with van der Waals surface area (Å²) >= 11 is 0. The number of carbonyl (C=O) groups excluding carboxylic acids is 2. The molecule has 0 heterocycles. The Labute approximate surface area is 236 Å². The molecule has 0 N–H and O–H groups in total. The number of nitriles is 2. The quantitative estimate of drug-likeness (QED) is 0.148. The van der Waals surface area contributed by atoms with Gasteiger partial charge in [-0.2, -0.15) is 10.5 Å². The fourth-order valence-corrected chi connectivity index (χ4v) is 3.58. The van der Waals surface area contributed by atoms with E-state index in [0.29, 0.717) is 47.3 Å². The van der Waals surface area contributed by atoms with Crippen LogP contribution in [0.1, 0.15) is 52.7 Å². The lowest BCUT2D eigenvalue weighted by atomic mass is 10.00. The Hall–Kier alpha value is -4.56. The third kappa shape index (κ3) is 9.03. The van der Waals surface area contributed by atoms with Gasteiger partial charge >= 0.3 is 0 Å². The Bertz CT molecular complexity index is 1240. The zero-order chi connectivity index (χ0) is 29.7. The van der Waals surface area contributed by atoms with E-state index in [2.05, 4.69) is 0 Å². The van der Waals surface area contributed by atoms with Gasteiger partial charge in [-0.15, -0.1) is 0 Å². The molecule has 0 unspecified atom stereocenters. The number of ketones is 2. The van der Waals surface area contributed by atoms with Crippen molar-refractivity contribution in [3.05, 3.63) is 58.7 Å². The van der Waals surface area contributed by atoms with Gasteiger partial charge in [0.15, 0.2) is 34.6 Å². The first-order valence-corrected chi connectivity index (χ1v) is 13.3. The number of hydrogen-bond acceptors (Lipinski definition) is 8. The number of ether oxygens (including phenoxy) is 4. The average Bonchev–Trinajstić information content (AvgIpc) is 2.93. The SMILES string of the molecule is CCOc1cc(C=C(C#N)C(=O)C(C)C)ccc1OCCOc1ccc(C=C(C#N)C(=O)C(C)C)cc1OCC. The first kappa shape index (κ1) is 31.7. The van der Waals surface area contributed by atoms with Crippen LogP contribution in [0.4, 0.5) is 0 Å². The lowest BCUT2D eigenvalue weighted by molar-refractivity contribution is -0.118. The summed E-state index contributed by atoms with van der Waals surface area (Å²) in [6.07, 6.45) is 3.09. The monoisotopic (exact) mass is 544 g/mol. The van der Waals surface area contributed by atoms with Crippen LogP contribution in [0.15, 0.2) is 47.5 Å². The molecule has 0 amide bonds. The van der Waals surface area contributed by atoms with E-state index in [9.17, 15) is 20.1 Å². The summed E-state index contributed by atoms with van der Waals surface area (Å²) in [5.41, 5.74) is 1.48. The van der Waals surface area contributed by atoms with E-state index in [0.717, 1.165) is 0 Å². The molecular weight excluding hydrogens is 508 g/mol. The minimum Gasteiger partial charge on any atom is -0.490 e.